The lowest BCUT2D eigenvalue weighted by atomic mass is 10.1. The highest BCUT2D eigenvalue weighted by atomic mass is 32.2. The van der Waals surface area contributed by atoms with Gasteiger partial charge in [-0.3, -0.25) is 9.59 Å². The van der Waals surface area contributed by atoms with Crippen molar-refractivity contribution < 1.29 is 17.7 Å². The molecule has 2 aromatic carbocycles. The number of carbonyl (C=O) groups is 1. The fraction of sp³-hybridized carbons (Fsp3) is 0.136. The molecule has 12 heteroatoms. The molecular formula is C22H20N6O5S. The Morgan fingerprint density at radius 3 is 2.47 bits per heavy atom. The van der Waals surface area contributed by atoms with Crippen molar-refractivity contribution in [3.63, 3.8) is 0 Å². The van der Waals surface area contributed by atoms with Crippen LogP contribution >= 0.6 is 0 Å². The van der Waals surface area contributed by atoms with E-state index < -0.39 is 15.9 Å². The Kier molecular flexibility index (Phi) is 6.61. The highest BCUT2D eigenvalue weighted by molar-refractivity contribution is 7.89. The molecule has 11 nitrogen and oxygen atoms in total. The van der Waals surface area contributed by atoms with Crippen molar-refractivity contribution in [2.45, 2.75) is 17.9 Å². The largest absolute Gasteiger partial charge is 0.347 e. The van der Waals surface area contributed by atoms with Gasteiger partial charge in [-0.2, -0.15) is 10.1 Å². The SMILES string of the molecule is NS(=O)(=O)c1ccc(CCNC(=O)c2nc(Cn3nc(-c4ccccc4)ccc3=O)no2)cc1. The maximum Gasteiger partial charge on any atom is 0.316 e. The molecule has 1 amide bonds. The third-order valence-corrected chi connectivity index (χ3v) is 5.77. The van der Waals surface area contributed by atoms with Gasteiger partial charge in [0.15, 0.2) is 5.82 Å². The van der Waals surface area contributed by atoms with Crippen LogP contribution in [0.5, 0.6) is 0 Å². The molecule has 0 saturated carbocycles. The van der Waals surface area contributed by atoms with Gasteiger partial charge in [0.1, 0.15) is 6.54 Å². The van der Waals surface area contributed by atoms with E-state index in [1.165, 1.54) is 22.9 Å². The molecule has 0 bridgehead atoms. The first kappa shape index (κ1) is 23.0. The van der Waals surface area contributed by atoms with Gasteiger partial charge in [-0.15, -0.1) is 0 Å². The molecule has 0 radical (unpaired) electrons. The van der Waals surface area contributed by atoms with Crippen LogP contribution < -0.4 is 16.0 Å². The number of hydrogen-bond donors (Lipinski definition) is 2. The van der Waals surface area contributed by atoms with Crippen molar-refractivity contribution >= 4 is 15.9 Å². The van der Waals surface area contributed by atoms with Gasteiger partial charge in [-0.1, -0.05) is 47.6 Å². The molecule has 0 unspecified atom stereocenters. The second kappa shape index (κ2) is 9.77. The van der Waals surface area contributed by atoms with Crippen LogP contribution in [0, 0.1) is 0 Å². The molecule has 0 aliphatic rings. The summed E-state index contributed by atoms with van der Waals surface area (Å²) in [6, 6.07) is 18.5. The van der Waals surface area contributed by atoms with E-state index >= 15 is 0 Å². The monoisotopic (exact) mass is 480 g/mol. The average Bonchev–Trinajstić information content (AvgIpc) is 3.29. The summed E-state index contributed by atoms with van der Waals surface area (Å²) in [7, 11) is -3.75. The molecule has 2 heterocycles. The maximum atomic E-state index is 12.3. The number of nitrogens with zero attached hydrogens (tertiary/aromatic N) is 4. The van der Waals surface area contributed by atoms with Crippen molar-refractivity contribution in [2.75, 3.05) is 6.54 Å². The lowest BCUT2D eigenvalue weighted by Gasteiger charge is -2.05. The van der Waals surface area contributed by atoms with E-state index in [1.807, 2.05) is 30.3 Å². The quantitative estimate of drug-likeness (QED) is 0.377. The zero-order valence-corrected chi connectivity index (χ0v) is 18.6. The number of amides is 1. The summed E-state index contributed by atoms with van der Waals surface area (Å²) in [6.07, 6.45) is 0.448. The average molecular weight is 481 g/mol. The summed E-state index contributed by atoms with van der Waals surface area (Å²) < 4.78 is 28.8. The Morgan fingerprint density at radius 1 is 1.03 bits per heavy atom. The molecule has 0 aliphatic heterocycles. The minimum atomic E-state index is -3.75. The second-order valence-electron chi connectivity index (χ2n) is 7.29. The Morgan fingerprint density at radius 2 is 1.76 bits per heavy atom. The van der Waals surface area contributed by atoms with Gasteiger partial charge in [0, 0.05) is 18.2 Å². The predicted octanol–water partition coefficient (Wildman–Crippen LogP) is 0.961. The summed E-state index contributed by atoms with van der Waals surface area (Å²) in [5.74, 6) is -0.686. The molecule has 4 rings (SSSR count). The third kappa shape index (κ3) is 5.60. The molecule has 4 aromatic rings. The Labute approximate surface area is 194 Å². The van der Waals surface area contributed by atoms with E-state index in [0.717, 1.165) is 11.1 Å². The zero-order valence-electron chi connectivity index (χ0n) is 17.8. The van der Waals surface area contributed by atoms with Gasteiger partial charge < -0.3 is 9.84 Å². The first-order valence-electron chi connectivity index (χ1n) is 10.2. The Hall–Kier alpha value is -4.16. The molecule has 3 N–H and O–H groups in total. The van der Waals surface area contributed by atoms with Crippen LogP contribution in [0.3, 0.4) is 0 Å². The van der Waals surface area contributed by atoms with Crippen molar-refractivity contribution in [1.29, 1.82) is 0 Å². The first-order valence-corrected chi connectivity index (χ1v) is 11.7. The molecule has 0 atom stereocenters. The summed E-state index contributed by atoms with van der Waals surface area (Å²) in [4.78, 5) is 28.6. The van der Waals surface area contributed by atoms with E-state index in [2.05, 4.69) is 20.6 Å². The van der Waals surface area contributed by atoms with Crippen molar-refractivity contribution in [3.8, 4) is 11.3 Å². The fourth-order valence-corrected chi connectivity index (χ4v) is 3.63. The fourth-order valence-electron chi connectivity index (χ4n) is 3.11. The summed E-state index contributed by atoms with van der Waals surface area (Å²) in [6.45, 7) is 0.193. The van der Waals surface area contributed by atoms with Gasteiger partial charge in [0.2, 0.25) is 10.0 Å². The number of sulfonamides is 1. The standard InChI is InChI=1S/C22H20N6O5S/c23-34(31,32)17-8-6-15(7-9-17)12-13-24-21(30)22-25-19(27-33-22)14-28-20(29)11-10-18(26-28)16-4-2-1-3-5-16/h1-11H,12-14H2,(H,24,30)(H2,23,31,32). The van der Waals surface area contributed by atoms with Gasteiger partial charge in [-0.05, 0) is 30.2 Å². The maximum absolute atomic E-state index is 12.3. The number of aromatic nitrogens is 4. The highest BCUT2D eigenvalue weighted by Crippen LogP contribution is 2.14. The zero-order chi connectivity index (χ0) is 24.1. The van der Waals surface area contributed by atoms with Crippen LogP contribution in [-0.2, 0) is 23.0 Å². The second-order valence-corrected chi connectivity index (χ2v) is 8.85. The molecule has 0 fully saturated rings. The van der Waals surface area contributed by atoms with Gasteiger partial charge >= 0.3 is 11.8 Å². The smallest absolute Gasteiger partial charge is 0.316 e. The molecule has 174 valence electrons. The summed E-state index contributed by atoms with van der Waals surface area (Å²) in [5, 5.41) is 15.8. The number of primary sulfonamides is 1. The van der Waals surface area contributed by atoms with Crippen molar-refractivity contribution in [3.05, 3.63) is 94.4 Å². The van der Waals surface area contributed by atoms with Crippen LogP contribution in [0.25, 0.3) is 11.3 Å². The molecule has 2 aromatic heterocycles. The first-order chi connectivity index (χ1) is 16.3. The molecule has 34 heavy (non-hydrogen) atoms. The number of carbonyl (C=O) groups excluding carboxylic acids is 1. The van der Waals surface area contributed by atoms with Crippen LogP contribution in [0.2, 0.25) is 0 Å². The van der Waals surface area contributed by atoms with Gasteiger partial charge in [0.05, 0.1) is 10.6 Å². The topological polar surface area (TPSA) is 163 Å². The summed E-state index contributed by atoms with van der Waals surface area (Å²) in [5.41, 5.74) is 1.93. The number of rotatable bonds is 8. The normalized spacial score (nSPS) is 11.3. The Bertz CT molecular complexity index is 1460. The minimum absolute atomic E-state index is 0.0153. The molecule has 0 saturated heterocycles. The third-order valence-electron chi connectivity index (χ3n) is 4.84. The number of nitrogens with one attached hydrogen (secondary N) is 1. The van der Waals surface area contributed by atoms with E-state index in [9.17, 15) is 18.0 Å². The van der Waals surface area contributed by atoms with E-state index in [0.29, 0.717) is 12.1 Å². The van der Waals surface area contributed by atoms with Crippen LogP contribution in [0.4, 0.5) is 0 Å². The van der Waals surface area contributed by atoms with Crippen molar-refractivity contribution in [2.24, 2.45) is 5.14 Å². The van der Waals surface area contributed by atoms with Crippen LogP contribution in [-0.4, -0.2) is 40.8 Å². The lowest BCUT2D eigenvalue weighted by molar-refractivity contribution is 0.0910. The number of hydrogen-bond acceptors (Lipinski definition) is 8. The Balaban J connectivity index is 1.36. The molecule has 0 spiro atoms. The van der Waals surface area contributed by atoms with Gasteiger partial charge in [0.25, 0.3) is 5.56 Å². The van der Waals surface area contributed by atoms with Crippen LogP contribution in [0.15, 0.2) is 80.9 Å². The number of benzene rings is 2. The molecule has 0 aliphatic carbocycles. The van der Waals surface area contributed by atoms with E-state index in [1.54, 1.807) is 18.2 Å². The van der Waals surface area contributed by atoms with Gasteiger partial charge in [-0.25, -0.2) is 18.2 Å². The van der Waals surface area contributed by atoms with Crippen LogP contribution in [0.1, 0.15) is 22.1 Å². The molecular weight excluding hydrogens is 460 g/mol. The predicted molar refractivity (Wildman–Crippen MR) is 121 cm³/mol. The number of nitrogens with two attached hydrogens (primary N) is 1. The highest BCUT2D eigenvalue weighted by Gasteiger charge is 2.16. The lowest BCUT2D eigenvalue weighted by Crippen LogP contribution is -2.26. The minimum Gasteiger partial charge on any atom is -0.347 e. The summed E-state index contributed by atoms with van der Waals surface area (Å²) >= 11 is 0. The van der Waals surface area contributed by atoms with E-state index in [4.69, 9.17) is 9.66 Å². The van der Waals surface area contributed by atoms with Crippen molar-refractivity contribution in [1.82, 2.24) is 25.2 Å². The van der Waals surface area contributed by atoms with E-state index in [-0.39, 0.29) is 35.3 Å².